The number of carboxylic acids is 1. The number of hydrogen-bond acceptors (Lipinski definition) is 4. The fourth-order valence-electron chi connectivity index (χ4n) is 2.34. The molecule has 0 atom stereocenters. The summed E-state index contributed by atoms with van der Waals surface area (Å²) in [5.41, 5.74) is 6.04. The average molecular weight is 360 g/mol. The van der Waals surface area contributed by atoms with Gasteiger partial charge in [-0.05, 0) is 31.9 Å². The Labute approximate surface area is 154 Å². The van der Waals surface area contributed by atoms with Crippen molar-refractivity contribution in [3.8, 4) is 5.75 Å². The van der Waals surface area contributed by atoms with Crippen LogP contribution in [0.4, 0.5) is 0 Å². The number of hydrogen-bond donors (Lipinski definition) is 2. The molecule has 0 aliphatic carbocycles. The Hall–Kier alpha value is -2.60. The first kappa shape index (κ1) is 21.4. The van der Waals surface area contributed by atoms with Crippen molar-refractivity contribution in [1.82, 2.24) is 4.57 Å². The minimum absolute atomic E-state index is 0.0808. The lowest BCUT2D eigenvalue weighted by molar-refractivity contribution is 0.0676. The van der Waals surface area contributed by atoms with Gasteiger partial charge in [0.1, 0.15) is 6.61 Å². The Morgan fingerprint density at radius 1 is 1.19 bits per heavy atom. The van der Waals surface area contributed by atoms with Gasteiger partial charge in [-0.1, -0.05) is 44.2 Å². The molecule has 1 aromatic carbocycles. The molecule has 3 N–H and O–H groups in total. The lowest BCUT2D eigenvalue weighted by atomic mass is 10.2. The van der Waals surface area contributed by atoms with Crippen molar-refractivity contribution >= 4 is 5.97 Å². The van der Waals surface area contributed by atoms with Gasteiger partial charge < -0.3 is 20.1 Å². The molecule has 2 aromatic rings. The summed E-state index contributed by atoms with van der Waals surface area (Å²) in [6, 6.07) is 10.7. The molecule has 0 saturated carbocycles. The molecule has 0 spiro atoms. The second kappa shape index (κ2) is 11.1. The third-order valence-electron chi connectivity index (χ3n) is 3.64. The molecule has 1 heterocycles. The van der Waals surface area contributed by atoms with E-state index in [1.807, 2.05) is 37.3 Å². The molecule has 142 valence electrons. The third-order valence-corrected chi connectivity index (χ3v) is 3.64. The highest BCUT2D eigenvalue weighted by Gasteiger charge is 2.21. The highest BCUT2D eigenvalue weighted by atomic mass is 16.5. The zero-order valence-corrected chi connectivity index (χ0v) is 15.7. The van der Waals surface area contributed by atoms with E-state index >= 15 is 0 Å². The standard InChI is InChI=1S/C17H19NO4.C3H9N/c1-3-9-18-12(2)10-14(19)16(15(18)17(20)21)22-11-13-7-5-4-6-8-13;1-2-3-4/h4-8,10H,3,9,11H2,1-2H3,(H,20,21);2-4H2,1H3. The van der Waals surface area contributed by atoms with E-state index in [4.69, 9.17) is 10.5 Å². The molecular weight excluding hydrogens is 332 g/mol. The van der Waals surface area contributed by atoms with Crippen molar-refractivity contribution in [2.75, 3.05) is 6.54 Å². The van der Waals surface area contributed by atoms with Crippen molar-refractivity contribution in [3.05, 3.63) is 63.6 Å². The predicted molar refractivity (Wildman–Crippen MR) is 103 cm³/mol. The molecule has 6 nitrogen and oxygen atoms in total. The second-order valence-electron chi connectivity index (χ2n) is 5.85. The molecule has 0 amide bonds. The summed E-state index contributed by atoms with van der Waals surface area (Å²) in [4.78, 5) is 23.7. The molecule has 1 aromatic heterocycles. The van der Waals surface area contributed by atoms with Crippen LogP contribution in [0.2, 0.25) is 0 Å². The number of aryl methyl sites for hydroxylation is 1. The third kappa shape index (κ3) is 6.04. The van der Waals surface area contributed by atoms with E-state index in [1.54, 1.807) is 11.5 Å². The van der Waals surface area contributed by atoms with Gasteiger partial charge in [-0.25, -0.2) is 4.79 Å². The summed E-state index contributed by atoms with van der Waals surface area (Å²) in [5, 5.41) is 9.48. The fraction of sp³-hybridized carbons (Fsp3) is 0.400. The van der Waals surface area contributed by atoms with E-state index in [2.05, 4.69) is 6.92 Å². The van der Waals surface area contributed by atoms with Crippen LogP contribution in [-0.4, -0.2) is 22.2 Å². The molecule has 0 saturated heterocycles. The first-order chi connectivity index (χ1) is 12.5. The number of nitrogens with two attached hydrogens (primary N) is 1. The molecule has 2 rings (SSSR count). The van der Waals surface area contributed by atoms with E-state index in [0.29, 0.717) is 12.2 Å². The maximum absolute atomic E-state index is 12.1. The molecule has 0 unspecified atom stereocenters. The molecule has 26 heavy (non-hydrogen) atoms. The Bertz CT molecular complexity index is 752. The number of pyridine rings is 1. The van der Waals surface area contributed by atoms with Gasteiger partial charge >= 0.3 is 5.97 Å². The number of aromatic nitrogens is 1. The van der Waals surface area contributed by atoms with Gasteiger partial charge in [0.25, 0.3) is 0 Å². The average Bonchev–Trinajstić information content (AvgIpc) is 2.63. The van der Waals surface area contributed by atoms with E-state index in [0.717, 1.165) is 24.9 Å². The summed E-state index contributed by atoms with van der Waals surface area (Å²) in [6.07, 6.45) is 1.86. The van der Waals surface area contributed by atoms with Crippen molar-refractivity contribution in [3.63, 3.8) is 0 Å². The first-order valence-electron chi connectivity index (χ1n) is 8.80. The van der Waals surface area contributed by atoms with E-state index < -0.39 is 11.4 Å². The van der Waals surface area contributed by atoms with Gasteiger partial charge in [-0.2, -0.15) is 0 Å². The summed E-state index contributed by atoms with van der Waals surface area (Å²) in [7, 11) is 0. The summed E-state index contributed by atoms with van der Waals surface area (Å²) in [5.74, 6) is -1.26. The van der Waals surface area contributed by atoms with Crippen molar-refractivity contribution in [2.45, 2.75) is 46.8 Å². The maximum Gasteiger partial charge on any atom is 0.356 e. The zero-order valence-electron chi connectivity index (χ0n) is 15.7. The number of rotatable bonds is 7. The Balaban J connectivity index is 0.000000765. The maximum atomic E-state index is 12.1. The molecule has 0 aliphatic rings. The normalized spacial score (nSPS) is 10.0. The SMILES string of the molecule is CCCN.CCCn1c(C)cc(=O)c(OCc2ccccc2)c1C(=O)O. The highest BCUT2D eigenvalue weighted by molar-refractivity contribution is 5.89. The number of carbonyl (C=O) groups is 1. The van der Waals surface area contributed by atoms with Crippen molar-refractivity contribution in [2.24, 2.45) is 5.73 Å². The highest BCUT2D eigenvalue weighted by Crippen LogP contribution is 2.18. The Morgan fingerprint density at radius 3 is 2.31 bits per heavy atom. The Kier molecular flexibility index (Phi) is 9.15. The van der Waals surface area contributed by atoms with E-state index in [1.165, 1.54) is 6.07 Å². The van der Waals surface area contributed by atoms with Crippen LogP contribution in [0.25, 0.3) is 0 Å². The van der Waals surface area contributed by atoms with Gasteiger partial charge in [0.05, 0.1) is 0 Å². The topological polar surface area (TPSA) is 94.5 Å². The van der Waals surface area contributed by atoms with Crippen LogP contribution in [0.5, 0.6) is 5.75 Å². The van der Waals surface area contributed by atoms with Crippen LogP contribution in [0.1, 0.15) is 48.4 Å². The molecular formula is C20H28N2O4. The number of aromatic carboxylic acids is 1. The van der Waals surface area contributed by atoms with Crippen LogP contribution in [0.3, 0.4) is 0 Å². The minimum atomic E-state index is -1.16. The van der Waals surface area contributed by atoms with Gasteiger partial charge in [-0.3, -0.25) is 4.79 Å². The predicted octanol–water partition coefficient (Wildman–Crippen LogP) is 3.20. The summed E-state index contributed by atoms with van der Waals surface area (Å²) >= 11 is 0. The molecule has 0 fully saturated rings. The van der Waals surface area contributed by atoms with Gasteiger partial charge in [0.2, 0.25) is 5.43 Å². The van der Waals surface area contributed by atoms with E-state index in [9.17, 15) is 14.7 Å². The second-order valence-corrected chi connectivity index (χ2v) is 5.85. The van der Waals surface area contributed by atoms with Gasteiger partial charge in [-0.15, -0.1) is 0 Å². The molecule has 0 aliphatic heterocycles. The fourth-order valence-corrected chi connectivity index (χ4v) is 2.34. The number of nitrogens with zero attached hydrogens (tertiary/aromatic N) is 1. The number of benzene rings is 1. The van der Waals surface area contributed by atoms with Crippen LogP contribution in [0, 0.1) is 6.92 Å². The monoisotopic (exact) mass is 360 g/mol. The van der Waals surface area contributed by atoms with Gasteiger partial charge in [0, 0.05) is 18.3 Å². The van der Waals surface area contributed by atoms with Crippen LogP contribution < -0.4 is 15.9 Å². The first-order valence-corrected chi connectivity index (χ1v) is 8.80. The van der Waals surface area contributed by atoms with Gasteiger partial charge in [0.15, 0.2) is 11.4 Å². The van der Waals surface area contributed by atoms with Crippen LogP contribution >= 0.6 is 0 Å². The number of carboxylic acid groups (broad SMARTS) is 1. The molecule has 0 bridgehead atoms. The largest absolute Gasteiger partial charge is 0.482 e. The summed E-state index contributed by atoms with van der Waals surface area (Å²) < 4.78 is 7.16. The Morgan fingerprint density at radius 2 is 1.81 bits per heavy atom. The van der Waals surface area contributed by atoms with E-state index in [-0.39, 0.29) is 18.1 Å². The smallest absolute Gasteiger partial charge is 0.356 e. The lowest BCUT2D eigenvalue weighted by Gasteiger charge is -2.17. The summed E-state index contributed by atoms with van der Waals surface area (Å²) in [6.45, 7) is 7.24. The number of ether oxygens (including phenoxy) is 1. The van der Waals surface area contributed by atoms with Crippen LogP contribution in [-0.2, 0) is 13.2 Å². The van der Waals surface area contributed by atoms with Crippen molar-refractivity contribution in [1.29, 1.82) is 0 Å². The molecule has 0 radical (unpaired) electrons. The van der Waals surface area contributed by atoms with Crippen LogP contribution in [0.15, 0.2) is 41.2 Å². The minimum Gasteiger partial charge on any atom is -0.482 e. The van der Waals surface area contributed by atoms with Crippen molar-refractivity contribution < 1.29 is 14.6 Å². The quantitative estimate of drug-likeness (QED) is 0.791. The lowest BCUT2D eigenvalue weighted by Crippen LogP contribution is -2.22. The molecule has 6 heteroatoms. The zero-order chi connectivity index (χ0) is 19.5.